The summed E-state index contributed by atoms with van der Waals surface area (Å²) < 4.78 is 5.93. The third kappa shape index (κ3) is 13.8. The van der Waals surface area contributed by atoms with Crippen molar-refractivity contribution in [2.45, 2.75) is 91.9 Å². The van der Waals surface area contributed by atoms with Crippen molar-refractivity contribution >= 4 is 18.0 Å². The third-order valence-electron chi connectivity index (χ3n) is 7.57. The number of hydrogen-bond acceptors (Lipinski definition) is 3. The highest BCUT2D eigenvalue weighted by Crippen LogP contribution is 2.29. The second kappa shape index (κ2) is 20.1. The van der Waals surface area contributed by atoms with E-state index in [-0.39, 0.29) is 0 Å². The lowest BCUT2D eigenvalue weighted by atomic mass is 9.90. The van der Waals surface area contributed by atoms with Crippen molar-refractivity contribution in [3.05, 3.63) is 95.1 Å². The van der Waals surface area contributed by atoms with E-state index in [1.165, 1.54) is 44.9 Å². The average molecular weight is 587 g/mol. The first-order valence-corrected chi connectivity index (χ1v) is 15.8. The molecular weight excluding hydrogens is 536 g/mol. The van der Waals surface area contributed by atoms with Gasteiger partial charge in [-0.3, -0.25) is 0 Å². The molecule has 3 aromatic carbocycles. The number of unbranched alkanes of at least 4 members (excludes halogenated alkanes) is 7. The lowest BCUT2D eigenvalue weighted by molar-refractivity contribution is -0.132. The second-order valence-electron chi connectivity index (χ2n) is 11.3. The minimum absolute atomic E-state index is 0.348. The molecule has 0 unspecified atom stereocenters. The number of aromatic carboxylic acids is 1. The van der Waals surface area contributed by atoms with Crippen molar-refractivity contribution in [2.75, 3.05) is 6.61 Å². The molecule has 0 spiro atoms. The number of benzene rings is 3. The van der Waals surface area contributed by atoms with E-state index in [2.05, 4.69) is 32.9 Å². The van der Waals surface area contributed by atoms with E-state index in [0.29, 0.717) is 17.1 Å². The van der Waals surface area contributed by atoms with Gasteiger partial charge in [0.2, 0.25) is 0 Å². The van der Waals surface area contributed by atoms with Gasteiger partial charge in [-0.2, -0.15) is 0 Å². The summed E-state index contributed by atoms with van der Waals surface area (Å²) >= 11 is 0. The Balaban J connectivity index is 0.000000448. The Hall–Kier alpha value is -3.86. The molecule has 0 aromatic heterocycles. The Morgan fingerprint density at radius 1 is 0.814 bits per heavy atom. The summed E-state index contributed by atoms with van der Waals surface area (Å²) in [4.78, 5) is 21.8. The number of rotatable bonds is 17. The standard InChI is InChI=1S/C28H40O3.C10H10O2/c1-4-6-7-8-9-10-11-12-19-31-26-16-13-23(14-17-26)27-18-15-24(28(29)30)21-25(27)20-22(3)5-2;1-8(10(11)12)7-9-5-3-2-4-6-9/h13-18,21-22H,4-12,19-20H2,1-3H3,(H,29,30);2-7H,1H3,(H,11,12)/t22-;/m0./s1. The molecule has 0 bridgehead atoms. The van der Waals surface area contributed by atoms with Gasteiger partial charge in [-0.1, -0.05) is 121 Å². The van der Waals surface area contributed by atoms with Crippen molar-refractivity contribution < 1.29 is 24.5 Å². The molecule has 2 N–H and O–H groups in total. The molecule has 232 valence electrons. The van der Waals surface area contributed by atoms with Crippen LogP contribution in [0.2, 0.25) is 0 Å². The maximum absolute atomic E-state index is 11.4. The van der Waals surface area contributed by atoms with E-state index in [1.807, 2.05) is 54.6 Å². The summed E-state index contributed by atoms with van der Waals surface area (Å²) in [5, 5.41) is 17.9. The molecule has 43 heavy (non-hydrogen) atoms. The molecule has 0 radical (unpaired) electrons. The van der Waals surface area contributed by atoms with Crippen LogP contribution in [0.1, 0.15) is 107 Å². The van der Waals surface area contributed by atoms with Gasteiger partial charge in [0, 0.05) is 5.57 Å². The lowest BCUT2D eigenvalue weighted by Crippen LogP contribution is -2.04. The number of carboxylic acids is 2. The van der Waals surface area contributed by atoms with Gasteiger partial charge in [0.15, 0.2) is 0 Å². The van der Waals surface area contributed by atoms with Crippen LogP contribution in [-0.2, 0) is 11.2 Å². The molecule has 0 fully saturated rings. The lowest BCUT2D eigenvalue weighted by Gasteiger charge is -2.15. The van der Waals surface area contributed by atoms with Gasteiger partial charge in [0.05, 0.1) is 12.2 Å². The van der Waals surface area contributed by atoms with Crippen LogP contribution in [0.15, 0.2) is 78.4 Å². The summed E-state index contributed by atoms with van der Waals surface area (Å²) in [6.45, 7) is 8.98. The molecule has 0 heterocycles. The van der Waals surface area contributed by atoms with E-state index in [0.717, 1.165) is 53.9 Å². The van der Waals surface area contributed by atoms with Crippen LogP contribution in [0, 0.1) is 5.92 Å². The smallest absolute Gasteiger partial charge is 0.335 e. The van der Waals surface area contributed by atoms with Gasteiger partial charge in [-0.15, -0.1) is 0 Å². The van der Waals surface area contributed by atoms with Crippen LogP contribution in [0.5, 0.6) is 5.75 Å². The van der Waals surface area contributed by atoms with E-state index in [9.17, 15) is 14.7 Å². The fourth-order valence-electron chi connectivity index (χ4n) is 4.71. The highest BCUT2D eigenvalue weighted by atomic mass is 16.5. The highest BCUT2D eigenvalue weighted by molar-refractivity contribution is 5.91. The molecule has 5 nitrogen and oxygen atoms in total. The average Bonchev–Trinajstić information content (AvgIpc) is 3.01. The fourth-order valence-corrected chi connectivity index (χ4v) is 4.71. The van der Waals surface area contributed by atoms with Crippen molar-refractivity contribution in [1.29, 1.82) is 0 Å². The van der Waals surface area contributed by atoms with Crippen LogP contribution in [0.3, 0.4) is 0 Å². The first kappa shape index (κ1) is 35.3. The molecular formula is C38H50O5. The zero-order valence-electron chi connectivity index (χ0n) is 26.5. The molecule has 0 saturated carbocycles. The van der Waals surface area contributed by atoms with Crippen molar-refractivity contribution in [2.24, 2.45) is 5.92 Å². The predicted octanol–water partition coefficient (Wildman–Crippen LogP) is 10.3. The van der Waals surface area contributed by atoms with Crippen LogP contribution in [0.25, 0.3) is 17.2 Å². The van der Waals surface area contributed by atoms with Crippen LogP contribution in [0.4, 0.5) is 0 Å². The van der Waals surface area contributed by atoms with Crippen LogP contribution < -0.4 is 4.74 Å². The molecule has 5 heteroatoms. The zero-order chi connectivity index (χ0) is 31.5. The van der Waals surface area contributed by atoms with Gasteiger partial charge in [-0.25, -0.2) is 9.59 Å². The maximum Gasteiger partial charge on any atom is 0.335 e. The Kier molecular flexibility index (Phi) is 16.5. The molecule has 0 aliphatic heterocycles. The number of ether oxygens (including phenoxy) is 1. The number of aliphatic carboxylic acids is 1. The van der Waals surface area contributed by atoms with Gasteiger partial charge >= 0.3 is 11.9 Å². The maximum atomic E-state index is 11.4. The minimum atomic E-state index is -0.876. The number of carbonyl (C=O) groups is 2. The highest BCUT2D eigenvalue weighted by Gasteiger charge is 2.13. The normalized spacial score (nSPS) is 11.8. The minimum Gasteiger partial charge on any atom is -0.494 e. The number of hydrogen-bond donors (Lipinski definition) is 2. The summed E-state index contributed by atoms with van der Waals surface area (Å²) in [7, 11) is 0. The second-order valence-corrected chi connectivity index (χ2v) is 11.3. The van der Waals surface area contributed by atoms with E-state index < -0.39 is 11.9 Å². The first-order valence-electron chi connectivity index (χ1n) is 15.8. The van der Waals surface area contributed by atoms with Gasteiger partial charge in [0.1, 0.15) is 5.75 Å². The van der Waals surface area contributed by atoms with Crippen molar-refractivity contribution in [3.63, 3.8) is 0 Å². The SMILES string of the molecule is CC(=Cc1ccccc1)C(=O)O.CCCCCCCCCCOc1ccc(-c2ccc(C(=O)O)cc2C[C@@H](C)CC)cc1. The van der Waals surface area contributed by atoms with Crippen molar-refractivity contribution in [1.82, 2.24) is 0 Å². The fraction of sp³-hybridized carbons (Fsp3) is 0.421. The summed E-state index contributed by atoms with van der Waals surface area (Å²) in [5.41, 5.74) is 4.93. The summed E-state index contributed by atoms with van der Waals surface area (Å²) in [6, 6.07) is 23.1. The zero-order valence-corrected chi connectivity index (χ0v) is 26.5. The number of carboxylic acid groups (broad SMARTS) is 2. The van der Waals surface area contributed by atoms with Crippen LogP contribution in [-0.4, -0.2) is 28.8 Å². The van der Waals surface area contributed by atoms with E-state index in [4.69, 9.17) is 9.84 Å². The molecule has 0 saturated heterocycles. The topological polar surface area (TPSA) is 83.8 Å². The summed E-state index contributed by atoms with van der Waals surface area (Å²) in [6.07, 6.45) is 14.0. The van der Waals surface area contributed by atoms with E-state index in [1.54, 1.807) is 19.1 Å². The van der Waals surface area contributed by atoms with Gasteiger partial charge in [-0.05, 0) is 78.3 Å². The molecule has 1 atom stereocenters. The molecule has 3 aromatic rings. The molecule has 0 aliphatic rings. The van der Waals surface area contributed by atoms with Gasteiger partial charge < -0.3 is 14.9 Å². The Morgan fingerprint density at radius 3 is 2.02 bits per heavy atom. The largest absolute Gasteiger partial charge is 0.494 e. The quantitative estimate of drug-likeness (QED) is 0.121. The third-order valence-corrected chi connectivity index (χ3v) is 7.57. The molecule has 0 aliphatic carbocycles. The predicted molar refractivity (Wildman–Crippen MR) is 178 cm³/mol. The Labute approximate surface area is 258 Å². The summed E-state index contributed by atoms with van der Waals surface area (Å²) in [5.74, 6) is -0.338. The van der Waals surface area contributed by atoms with Crippen LogP contribution >= 0.6 is 0 Å². The van der Waals surface area contributed by atoms with Crippen molar-refractivity contribution in [3.8, 4) is 16.9 Å². The monoisotopic (exact) mass is 586 g/mol. The molecule has 3 rings (SSSR count). The van der Waals surface area contributed by atoms with Gasteiger partial charge in [0.25, 0.3) is 0 Å². The Morgan fingerprint density at radius 2 is 1.44 bits per heavy atom. The first-order chi connectivity index (χ1) is 20.7. The van der Waals surface area contributed by atoms with E-state index >= 15 is 0 Å². The Bertz CT molecular complexity index is 1260. The molecule has 0 amide bonds.